The molecule has 1 N–H and O–H groups in total. The lowest BCUT2D eigenvalue weighted by atomic mass is 10.0. The van der Waals surface area contributed by atoms with E-state index >= 15 is 0 Å². The monoisotopic (exact) mass is 224 g/mol. The van der Waals surface area contributed by atoms with E-state index in [-0.39, 0.29) is 29.1 Å². The molecule has 2 amide bonds. The summed E-state index contributed by atoms with van der Waals surface area (Å²) in [6.07, 6.45) is 0. The van der Waals surface area contributed by atoms with Crippen molar-refractivity contribution in [1.82, 2.24) is 10.2 Å². The number of amides is 2. The second-order valence-electron chi connectivity index (χ2n) is 5.73. The second kappa shape index (κ2) is 3.55. The molecule has 0 aromatic rings. The molecule has 1 heterocycles. The highest BCUT2D eigenvalue weighted by atomic mass is 16.2. The summed E-state index contributed by atoms with van der Waals surface area (Å²) in [4.78, 5) is 25.5. The smallest absolute Gasteiger partial charge is 0.233 e. The lowest BCUT2D eigenvalue weighted by Crippen LogP contribution is -2.40. The maximum absolute atomic E-state index is 12.0. The van der Waals surface area contributed by atoms with Crippen LogP contribution >= 0.6 is 0 Å². The van der Waals surface area contributed by atoms with Crippen molar-refractivity contribution in [2.24, 2.45) is 23.2 Å². The number of nitrogens with zero attached hydrogens (tertiary/aromatic N) is 1. The fraction of sp³-hybridized carbons (Fsp3) is 0.833. The van der Waals surface area contributed by atoms with E-state index < -0.39 is 0 Å². The van der Waals surface area contributed by atoms with Gasteiger partial charge in [-0.15, -0.1) is 0 Å². The molecule has 1 aliphatic heterocycles. The Hall–Kier alpha value is -0.900. The van der Waals surface area contributed by atoms with E-state index in [1.54, 1.807) is 0 Å². The predicted octanol–water partition coefficient (Wildman–Crippen LogP) is 0.483. The molecule has 0 aromatic heterocycles. The molecule has 2 fully saturated rings. The minimum atomic E-state index is -0.0864. The normalized spacial score (nSPS) is 32.9. The Labute approximate surface area is 96.4 Å². The average molecular weight is 224 g/mol. The van der Waals surface area contributed by atoms with Gasteiger partial charge in [-0.1, -0.05) is 20.8 Å². The average Bonchev–Trinajstić information content (AvgIpc) is 2.66. The third kappa shape index (κ3) is 1.47. The van der Waals surface area contributed by atoms with Crippen molar-refractivity contribution in [2.45, 2.75) is 20.8 Å². The van der Waals surface area contributed by atoms with Crippen LogP contribution in [0, 0.1) is 23.2 Å². The van der Waals surface area contributed by atoms with Gasteiger partial charge in [-0.2, -0.15) is 0 Å². The number of rotatable bonds is 4. The first-order valence-electron chi connectivity index (χ1n) is 5.91. The number of hydrogen-bond acceptors (Lipinski definition) is 3. The number of imide groups is 1. The molecule has 0 bridgehead atoms. The van der Waals surface area contributed by atoms with E-state index in [0.717, 1.165) is 6.54 Å². The molecule has 3 unspecified atom stereocenters. The van der Waals surface area contributed by atoms with E-state index in [9.17, 15) is 9.59 Å². The number of hydrogen-bond donors (Lipinski definition) is 1. The molecule has 4 heteroatoms. The third-order valence-corrected chi connectivity index (χ3v) is 3.94. The van der Waals surface area contributed by atoms with Crippen molar-refractivity contribution in [1.29, 1.82) is 0 Å². The zero-order valence-electron chi connectivity index (χ0n) is 10.4. The molecule has 2 rings (SSSR count). The van der Waals surface area contributed by atoms with Gasteiger partial charge >= 0.3 is 0 Å². The van der Waals surface area contributed by atoms with Crippen LogP contribution in [0.15, 0.2) is 0 Å². The summed E-state index contributed by atoms with van der Waals surface area (Å²) < 4.78 is 0. The van der Waals surface area contributed by atoms with Crippen LogP contribution in [0.1, 0.15) is 20.8 Å². The Morgan fingerprint density at radius 1 is 1.31 bits per heavy atom. The van der Waals surface area contributed by atoms with Gasteiger partial charge in [0, 0.05) is 6.54 Å². The van der Waals surface area contributed by atoms with Crippen LogP contribution < -0.4 is 5.32 Å². The zero-order valence-corrected chi connectivity index (χ0v) is 10.4. The molecule has 0 spiro atoms. The van der Waals surface area contributed by atoms with Gasteiger partial charge in [-0.05, 0) is 24.9 Å². The Kier molecular flexibility index (Phi) is 2.57. The molecule has 3 atom stereocenters. The fourth-order valence-electron chi connectivity index (χ4n) is 2.91. The van der Waals surface area contributed by atoms with E-state index in [1.807, 2.05) is 27.8 Å². The highest BCUT2D eigenvalue weighted by Crippen LogP contribution is 2.63. The minimum absolute atomic E-state index is 0.0400. The summed E-state index contributed by atoms with van der Waals surface area (Å²) in [6, 6.07) is 0. The number of carbonyl (C=O) groups is 2. The third-order valence-electron chi connectivity index (χ3n) is 3.94. The van der Waals surface area contributed by atoms with Gasteiger partial charge < -0.3 is 5.32 Å². The number of carbonyl (C=O) groups excluding carboxylic acids is 2. The minimum Gasteiger partial charge on any atom is -0.319 e. The Bertz CT molecular complexity index is 314. The molecule has 1 aliphatic carbocycles. The summed E-state index contributed by atoms with van der Waals surface area (Å²) in [6.45, 7) is 7.45. The predicted molar refractivity (Wildman–Crippen MR) is 60.6 cm³/mol. The van der Waals surface area contributed by atoms with E-state index in [2.05, 4.69) is 5.32 Å². The molecular weight excluding hydrogens is 204 g/mol. The highest BCUT2D eigenvalue weighted by Gasteiger charge is 2.72. The van der Waals surface area contributed by atoms with Gasteiger partial charge in [-0.3, -0.25) is 14.5 Å². The Balaban J connectivity index is 2.00. The van der Waals surface area contributed by atoms with Crippen LogP contribution in [-0.4, -0.2) is 36.9 Å². The van der Waals surface area contributed by atoms with Crippen molar-refractivity contribution in [3.8, 4) is 0 Å². The van der Waals surface area contributed by atoms with Crippen LogP contribution in [0.2, 0.25) is 0 Å². The largest absolute Gasteiger partial charge is 0.319 e. The molecule has 1 saturated heterocycles. The summed E-state index contributed by atoms with van der Waals surface area (Å²) >= 11 is 0. The van der Waals surface area contributed by atoms with Gasteiger partial charge in [0.25, 0.3) is 0 Å². The van der Waals surface area contributed by atoms with E-state index in [0.29, 0.717) is 12.5 Å². The first-order chi connectivity index (χ1) is 7.41. The lowest BCUT2D eigenvalue weighted by Gasteiger charge is -2.23. The fourth-order valence-corrected chi connectivity index (χ4v) is 2.91. The van der Waals surface area contributed by atoms with E-state index in [4.69, 9.17) is 0 Å². The zero-order chi connectivity index (χ0) is 12.1. The van der Waals surface area contributed by atoms with Crippen molar-refractivity contribution in [2.75, 3.05) is 20.1 Å². The first-order valence-corrected chi connectivity index (χ1v) is 5.91. The Morgan fingerprint density at radius 3 is 2.25 bits per heavy atom. The maximum atomic E-state index is 12.0. The van der Waals surface area contributed by atoms with Crippen molar-refractivity contribution < 1.29 is 9.59 Å². The highest BCUT2D eigenvalue weighted by molar-refractivity contribution is 6.10. The lowest BCUT2D eigenvalue weighted by molar-refractivity contribution is -0.143. The van der Waals surface area contributed by atoms with Crippen LogP contribution in [0.4, 0.5) is 0 Å². The van der Waals surface area contributed by atoms with Crippen molar-refractivity contribution >= 4 is 11.8 Å². The molecule has 0 radical (unpaired) electrons. The standard InChI is InChI=1S/C12H20N2O2/c1-7(5-13-4)6-14-10(15)8-9(11(14)16)12(8,2)3/h7-9,13H,5-6H2,1-4H3. The van der Waals surface area contributed by atoms with E-state index in [1.165, 1.54) is 4.90 Å². The topological polar surface area (TPSA) is 49.4 Å². The quantitative estimate of drug-likeness (QED) is 0.707. The maximum Gasteiger partial charge on any atom is 0.233 e. The van der Waals surface area contributed by atoms with Crippen LogP contribution in [0.3, 0.4) is 0 Å². The summed E-state index contributed by atoms with van der Waals surface area (Å²) in [5, 5.41) is 3.06. The Morgan fingerprint density at radius 2 is 1.81 bits per heavy atom. The van der Waals surface area contributed by atoms with Crippen LogP contribution in [0.25, 0.3) is 0 Å². The SMILES string of the molecule is CNCC(C)CN1C(=O)C2C(C1=O)C2(C)C. The van der Waals surface area contributed by atoms with Crippen molar-refractivity contribution in [3.63, 3.8) is 0 Å². The summed E-state index contributed by atoms with van der Waals surface area (Å²) in [5.41, 5.74) is -0.0864. The van der Waals surface area contributed by atoms with Gasteiger partial charge in [0.1, 0.15) is 0 Å². The molecule has 16 heavy (non-hydrogen) atoms. The molecule has 90 valence electrons. The number of fused-ring (bicyclic) bond motifs is 1. The van der Waals surface area contributed by atoms with Crippen molar-refractivity contribution in [3.05, 3.63) is 0 Å². The second-order valence-corrected chi connectivity index (χ2v) is 5.73. The number of likely N-dealkylation sites (tertiary alicyclic amines) is 1. The van der Waals surface area contributed by atoms with Gasteiger partial charge in [0.2, 0.25) is 11.8 Å². The van der Waals surface area contributed by atoms with Gasteiger partial charge in [-0.25, -0.2) is 0 Å². The molecular formula is C12H20N2O2. The summed E-state index contributed by atoms with van der Waals surface area (Å²) in [5.74, 6) is 0.327. The first kappa shape index (κ1) is 11.6. The molecule has 2 aliphatic rings. The van der Waals surface area contributed by atoms with Crippen LogP contribution in [0.5, 0.6) is 0 Å². The molecule has 4 nitrogen and oxygen atoms in total. The number of piperidine rings is 1. The van der Waals surface area contributed by atoms with Gasteiger partial charge in [0.05, 0.1) is 11.8 Å². The molecule has 0 aromatic carbocycles. The van der Waals surface area contributed by atoms with Gasteiger partial charge in [0.15, 0.2) is 0 Å². The molecule has 1 saturated carbocycles. The van der Waals surface area contributed by atoms with Crippen LogP contribution in [-0.2, 0) is 9.59 Å². The number of nitrogens with one attached hydrogen (secondary N) is 1. The summed E-state index contributed by atoms with van der Waals surface area (Å²) in [7, 11) is 1.88.